The molecule has 0 aliphatic heterocycles. The van der Waals surface area contributed by atoms with Gasteiger partial charge in [0.1, 0.15) is 11.6 Å². The van der Waals surface area contributed by atoms with Crippen molar-refractivity contribution in [2.45, 2.75) is 20.3 Å². The molecule has 0 fully saturated rings. The Bertz CT molecular complexity index is 407. The Hall–Kier alpha value is -1.69. The number of ether oxygens (including phenoxy) is 1. The number of pyridine rings is 1. The predicted molar refractivity (Wildman–Crippen MR) is 71.5 cm³/mol. The summed E-state index contributed by atoms with van der Waals surface area (Å²) in [7, 11) is 1.65. The highest BCUT2D eigenvalue weighted by molar-refractivity contribution is 5.88. The molecule has 1 heterocycles. The minimum Gasteiger partial charge on any atom is -0.385 e. The summed E-state index contributed by atoms with van der Waals surface area (Å²) in [5.41, 5.74) is -0.0520. The van der Waals surface area contributed by atoms with Crippen LogP contribution in [0.1, 0.15) is 20.3 Å². The summed E-state index contributed by atoms with van der Waals surface area (Å²) < 4.78 is 17.7. The number of hydrogen-bond donors (Lipinski definition) is 2. The minimum absolute atomic E-state index is 0.0520. The first kappa shape index (κ1) is 15.4. The first-order valence-corrected chi connectivity index (χ1v) is 6.08. The fourth-order valence-electron chi connectivity index (χ4n) is 1.40. The van der Waals surface area contributed by atoms with Gasteiger partial charge in [0.2, 0.25) is 0 Å². The molecule has 0 atom stereocenters. The number of methoxy groups -OCH3 is 1. The van der Waals surface area contributed by atoms with E-state index >= 15 is 0 Å². The molecule has 2 amide bonds. The molecule has 1 aromatic heterocycles. The average Bonchev–Trinajstić information content (AvgIpc) is 2.37. The van der Waals surface area contributed by atoms with Crippen molar-refractivity contribution in [1.82, 2.24) is 10.3 Å². The Morgan fingerprint density at radius 3 is 2.79 bits per heavy atom. The Labute approximate surface area is 112 Å². The fourth-order valence-corrected chi connectivity index (χ4v) is 1.40. The highest BCUT2D eigenvalue weighted by Crippen LogP contribution is 2.18. The smallest absolute Gasteiger partial charge is 0.320 e. The second-order valence-corrected chi connectivity index (χ2v) is 5.08. The predicted octanol–water partition coefficient (Wildman–Crippen LogP) is 2.40. The van der Waals surface area contributed by atoms with Gasteiger partial charge in [-0.1, -0.05) is 13.8 Å². The standard InChI is InChI=1S/C13H20FN3O2/c1-13(2,6-7-19-3)9-16-12(18)17-11-5-4-10(14)8-15-11/h4-5,8H,6-7,9H2,1-3H3,(H2,15,16,17,18). The van der Waals surface area contributed by atoms with Crippen LogP contribution in [0.3, 0.4) is 0 Å². The van der Waals surface area contributed by atoms with Gasteiger partial charge in [-0.05, 0) is 24.0 Å². The van der Waals surface area contributed by atoms with Crippen molar-refractivity contribution in [1.29, 1.82) is 0 Å². The zero-order valence-corrected chi connectivity index (χ0v) is 11.5. The van der Waals surface area contributed by atoms with Gasteiger partial charge >= 0.3 is 6.03 Å². The maximum atomic E-state index is 12.6. The van der Waals surface area contributed by atoms with Crippen LogP contribution >= 0.6 is 0 Å². The van der Waals surface area contributed by atoms with E-state index in [-0.39, 0.29) is 11.4 Å². The lowest BCUT2D eigenvalue weighted by Gasteiger charge is -2.24. The highest BCUT2D eigenvalue weighted by atomic mass is 19.1. The van der Waals surface area contributed by atoms with E-state index in [1.807, 2.05) is 13.8 Å². The number of halogens is 1. The molecule has 5 nitrogen and oxygen atoms in total. The van der Waals surface area contributed by atoms with Gasteiger partial charge in [-0.25, -0.2) is 14.2 Å². The molecule has 2 N–H and O–H groups in total. The quantitative estimate of drug-likeness (QED) is 0.833. The van der Waals surface area contributed by atoms with Crippen molar-refractivity contribution >= 4 is 11.8 Å². The number of rotatable bonds is 6. The molecule has 106 valence electrons. The van der Waals surface area contributed by atoms with Crippen LogP contribution in [0.4, 0.5) is 15.0 Å². The van der Waals surface area contributed by atoms with Gasteiger partial charge in [-0.2, -0.15) is 0 Å². The second kappa shape index (κ2) is 7.04. The van der Waals surface area contributed by atoms with E-state index in [2.05, 4.69) is 15.6 Å². The first-order valence-electron chi connectivity index (χ1n) is 6.08. The Kier molecular flexibility index (Phi) is 5.69. The normalized spacial score (nSPS) is 11.2. The lowest BCUT2D eigenvalue weighted by atomic mass is 9.90. The van der Waals surface area contributed by atoms with Gasteiger partial charge in [-0.3, -0.25) is 5.32 Å². The molecule has 0 aliphatic carbocycles. The summed E-state index contributed by atoms with van der Waals surface area (Å²) in [5, 5.41) is 5.29. The van der Waals surface area contributed by atoms with Crippen molar-refractivity contribution in [2.75, 3.05) is 25.6 Å². The number of urea groups is 1. The van der Waals surface area contributed by atoms with E-state index in [9.17, 15) is 9.18 Å². The number of hydrogen-bond acceptors (Lipinski definition) is 3. The number of nitrogens with zero attached hydrogens (tertiary/aromatic N) is 1. The zero-order chi connectivity index (χ0) is 14.3. The van der Waals surface area contributed by atoms with Crippen LogP contribution in [0.15, 0.2) is 18.3 Å². The third-order valence-electron chi connectivity index (χ3n) is 2.68. The third kappa shape index (κ3) is 6.15. The van der Waals surface area contributed by atoms with E-state index in [1.165, 1.54) is 12.1 Å². The molecule has 0 spiro atoms. The van der Waals surface area contributed by atoms with Crippen molar-refractivity contribution in [3.05, 3.63) is 24.1 Å². The first-order chi connectivity index (χ1) is 8.93. The molecule has 19 heavy (non-hydrogen) atoms. The maximum Gasteiger partial charge on any atom is 0.320 e. The number of anilines is 1. The molecule has 0 unspecified atom stereocenters. The number of nitrogens with one attached hydrogen (secondary N) is 2. The lowest BCUT2D eigenvalue weighted by Crippen LogP contribution is -2.37. The molecule has 0 saturated heterocycles. The molecule has 0 aliphatic rings. The van der Waals surface area contributed by atoms with Crippen molar-refractivity contribution in [3.63, 3.8) is 0 Å². The van der Waals surface area contributed by atoms with Crippen LogP contribution in [0.25, 0.3) is 0 Å². The van der Waals surface area contributed by atoms with Gasteiger partial charge < -0.3 is 10.1 Å². The van der Waals surface area contributed by atoms with E-state index in [4.69, 9.17) is 4.74 Å². The van der Waals surface area contributed by atoms with Gasteiger partial charge in [0.05, 0.1) is 6.20 Å². The van der Waals surface area contributed by atoms with Crippen LogP contribution in [-0.2, 0) is 4.74 Å². The Morgan fingerprint density at radius 2 is 2.21 bits per heavy atom. The van der Waals surface area contributed by atoms with E-state index in [1.54, 1.807) is 7.11 Å². The summed E-state index contributed by atoms with van der Waals surface area (Å²) >= 11 is 0. The minimum atomic E-state index is -0.438. The van der Waals surface area contributed by atoms with Gasteiger partial charge in [-0.15, -0.1) is 0 Å². The van der Waals surface area contributed by atoms with Gasteiger partial charge in [0.25, 0.3) is 0 Å². The van der Waals surface area contributed by atoms with Crippen LogP contribution in [0, 0.1) is 11.2 Å². The Balaban J connectivity index is 2.37. The van der Waals surface area contributed by atoms with E-state index in [0.29, 0.717) is 19.0 Å². The highest BCUT2D eigenvalue weighted by Gasteiger charge is 2.18. The van der Waals surface area contributed by atoms with Crippen molar-refractivity contribution in [3.8, 4) is 0 Å². The second-order valence-electron chi connectivity index (χ2n) is 5.08. The summed E-state index contributed by atoms with van der Waals surface area (Å²) in [6, 6.07) is 2.29. The van der Waals surface area contributed by atoms with Crippen LogP contribution < -0.4 is 10.6 Å². The average molecular weight is 269 g/mol. The molecule has 0 saturated carbocycles. The molecule has 6 heteroatoms. The maximum absolute atomic E-state index is 12.6. The number of amides is 2. The largest absolute Gasteiger partial charge is 0.385 e. The molecule has 1 aromatic rings. The number of carbonyl (C=O) groups is 1. The fraction of sp³-hybridized carbons (Fsp3) is 0.538. The van der Waals surface area contributed by atoms with E-state index in [0.717, 1.165) is 12.6 Å². The van der Waals surface area contributed by atoms with Crippen LogP contribution in [0.5, 0.6) is 0 Å². The molecule has 0 radical (unpaired) electrons. The third-order valence-corrected chi connectivity index (χ3v) is 2.68. The molecular formula is C13H20FN3O2. The summed E-state index contributed by atoms with van der Waals surface area (Å²) in [6.45, 7) is 5.25. The van der Waals surface area contributed by atoms with Crippen molar-refractivity contribution < 1.29 is 13.9 Å². The summed E-state index contributed by atoms with van der Waals surface area (Å²) in [5.74, 6) is -0.125. The molecule has 0 bridgehead atoms. The molecule has 0 aromatic carbocycles. The molecule has 1 rings (SSSR count). The number of carbonyl (C=O) groups excluding carboxylic acids is 1. The Morgan fingerprint density at radius 1 is 1.47 bits per heavy atom. The van der Waals surface area contributed by atoms with Gasteiger partial charge in [0, 0.05) is 20.3 Å². The van der Waals surface area contributed by atoms with Crippen molar-refractivity contribution in [2.24, 2.45) is 5.41 Å². The van der Waals surface area contributed by atoms with Crippen LogP contribution in [0.2, 0.25) is 0 Å². The zero-order valence-electron chi connectivity index (χ0n) is 11.5. The monoisotopic (exact) mass is 269 g/mol. The molecular weight excluding hydrogens is 249 g/mol. The lowest BCUT2D eigenvalue weighted by molar-refractivity contribution is 0.151. The summed E-state index contributed by atoms with van der Waals surface area (Å²) in [4.78, 5) is 15.4. The topological polar surface area (TPSA) is 63.2 Å². The van der Waals surface area contributed by atoms with E-state index < -0.39 is 5.82 Å². The van der Waals surface area contributed by atoms with Gasteiger partial charge in [0.15, 0.2) is 0 Å². The van der Waals surface area contributed by atoms with Crippen LogP contribution in [-0.4, -0.2) is 31.3 Å². The summed E-state index contributed by atoms with van der Waals surface area (Å²) in [6.07, 6.45) is 1.90. The number of aromatic nitrogens is 1. The SMILES string of the molecule is COCCC(C)(C)CNC(=O)Nc1ccc(F)cn1.